The second-order valence-corrected chi connectivity index (χ2v) is 4.11. The van der Waals surface area contributed by atoms with Gasteiger partial charge < -0.3 is 5.11 Å². The lowest BCUT2D eigenvalue weighted by molar-refractivity contribution is 0.0697. The van der Waals surface area contributed by atoms with E-state index in [4.69, 9.17) is 16.7 Å². The molecule has 0 aliphatic heterocycles. The molecule has 0 bridgehead atoms. The number of rotatable bonds is 1. The van der Waals surface area contributed by atoms with Crippen LogP contribution in [0.5, 0.6) is 0 Å². The molecular weight excluding hydrogens is 283 g/mol. The second-order valence-electron chi connectivity index (χ2n) is 2.83. The summed E-state index contributed by atoms with van der Waals surface area (Å²) in [6, 6.07) is 3.18. The van der Waals surface area contributed by atoms with Gasteiger partial charge in [0.15, 0.2) is 5.65 Å². The van der Waals surface area contributed by atoms with Gasteiger partial charge in [-0.15, -0.1) is 0 Å². The lowest BCUT2D eigenvalue weighted by Crippen LogP contribution is -1.99. The van der Waals surface area contributed by atoms with Gasteiger partial charge in [0.1, 0.15) is 5.15 Å². The van der Waals surface area contributed by atoms with Crippen molar-refractivity contribution < 1.29 is 9.90 Å². The van der Waals surface area contributed by atoms with Crippen LogP contribution in [0.1, 0.15) is 10.4 Å². The van der Waals surface area contributed by atoms with Crippen molar-refractivity contribution in [3.05, 3.63) is 33.5 Å². The number of carbonyl (C=O) groups is 1. The van der Waals surface area contributed by atoms with Crippen LogP contribution >= 0.6 is 27.5 Å². The molecule has 1 N–H and O–H groups in total. The molecule has 6 heteroatoms. The van der Waals surface area contributed by atoms with Crippen molar-refractivity contribution in [2.75, 3.05) is 0 Å². The van der Waals surface area contributed by atoms with Crippen molar-refractivity contribution in [1.29, 1.82) is 0 Å². The van der Waals surface area contributed by atoms with Gasteiger partial charge in [-0.25, -0.2) is 14.8 Å². The first-order valence-electron chi connectivity index (χ1n) is 3.93. The smallest absolute Gasteiger partial charge is 0.338 e. The maximum atomic E-state index is 10.8. The highest BCUT2D eigenvalue weighted by Gasteiger charge is 2.11. The molecule has 0 saturated heterocycles. The lowest BCUT2D eigenvalue weighted by Gasteiger charge is -2.01. The van der Waals surface area contributed by atoms with Crippen molar-refractivity contribution in [3.8, 4) is 0 Å². The molecule has 0 atom stereocenters. The van der Waals surface area contributed by atoms with Crippen molar-refractivity contribution in [2.45, 2.75) is 0 Å². The van der Waals surface area contributed by atoms with Gasteiger partial charge in [0.05, 0.1) is 5.56 Å². The van der Waals surface area contributed by atoms with Crippen molar-refractivity contribution >= 4 is 44.5 Å². The van der Waals surface area contributed by atoms with E-state index < -0.39 is 5.97 Å². The molecule has 2 aromatic rings. The Morgan fingerprint density at radius 3 is 2.87 bits per heavy atom. The highest BCUT2D eigenvalue weighted by molar-refractivity contribution is 9.10. The molecular formula is C9H4BrClN2O2. The van der Waals surface area contributed by atoms with Crippen LogP contribution in [0.4, 0.5) is 0 Å². The average Bonchev–Trinajstić information content (AvgIpc) is 2.17. The van der Waals surface area contributed by atoms with Crippen LogP contribution < -0.4 is 0 Å². The highest BCUT2D eigenvalue weighted by Crippen LogP contribution is 2.21. The Labute approximate surface area is 98.0 Å². The first-order valence-corrected chi connectivity index (χ1v) is 5.10. The number of fused-ring (bicyclic) bond motifs is 1. The number of aromatic nitrogens is 2. The van der Waals surface area contributed by atoms with Gasteiger partial charge >= 0.3 is 5.97 Å². The number of pyridine rings is 2. The topological polar surface area (TPSA) is 63.1 Å². The Bertz CT molecular complexity index is 559. The summed E-state index contributed by atoms with van der Waals surface area (Å²) >= 11 is 8.94. The van der Waals surface area contributed by atoms with E-state index in [9.17, 15) is 4.79 Å². The Hall–Kier alpha value is -1.20. The molecule has 0 amide bonds. The van der Waals surface area contributed by atoms with E-state index in [1.54, 1.807) is 12.3 Å². The van der Waals surface area contributed by atoms with E-state index in [1.807, 2.05) is 0 Å². The van der Waals surface area contributed by atoms with Gasteiger partial charge in [-0.1, -0.05) is 11.6 Å². The number of carboxylic acid groups (broad SMARTS) is 1. The Morgan fingerprint density at radius 1 is 1.47 bits per heavy atom. The second kappa shape index (κ2) is 3.75. The summed E-state index contributed by atoms with van der Waals surface area (Å²) in [7, 11) is 0. The summed E-state index contributed by atoms with van der Waals surface area (Å²) in [5.41, 5.74) is 0.400. The fraction of sp³-hybridized carbons (Fsp3) is 0. The molecule has 2 heterocycles. The van der Waals surface area contributed by atoms with Crippen molar-refractivity contribution in [2.24, 2.45) is 0 Å². The minimum atomic E-state index is -1.10. The maximum Gasteiger partial charge on any atom is 0.338 e. The van der Waals surface area contributed by atoms with Crippen molar-refractivity contribution in [1.82, 2.24) is 9.97 Å². The van der Waals surface area contributed by atoms with Crippen LogP contribution in [0, 0.1) is 0 Å². The van der Waals surface area contributed by atoms with E-state index in [2.05, 4.69) is 25.9 Å². The fourth-order valence-electron chi connectivity index (χ4n) is 1.17. The maximum absolute atomic E-state index is 10.8. The molecule has 0 aliphatic rings. The monoisotopic (exact) mass is 286 g/mol. The van der Waals surface area contributed by atoms with Crippen LogP contribution in [0.3, 0.4) is 0 Å². The van der Waals surface area contributed by atoms with Gasteiger partial charge in [0, 0.05) is 16.1 Å². The zero-order valence-electron chi connectivity index (χ0n) is 7.24. The molecule has 0 aromatic carbocycles. The molecule has 4 nitrogen and oxygen atoms in total. The molecule has 0 spiro atoms. The fourth-order valence-corrected chi connectivity index (χ4v) is 1.73. The summed E-state index contributed by atoms with van der Waals surface area (Å²) in [5.74, 6) is -1.10. The minimum Gasteiger partial charge on any atom is -0.478 e. The zero-order chi connectivity index (χ0) is 11.0. The van der Waals surface area contributed by atoms with E-state index in [1.165, 1.54) is 6.07 Å². The molecule has 0 unspecified atom stereocenters. The van der Waals surface area contributed by atoms with E-state index in [-0.39, 0.29) is 10.7 Å². The van der Waals surface area contributed by atoms with Gasteiger partial charge in [0.25, 0.3) is 0 Å². The zero-order valence-corrected chi connectivity index (χ0v) is 9.58. The summed E-state index contributed by atoms with van der Waals surface area (Å²) in [6.45, 7) is 0. The number of carboxylic acids is 1. The number of halogens is 2. The van der Waals surface area contributed by atoms with Crippen LogP contribution in [-0.2, 0) is 0 Å². The molecule has 2 rings (SSSR count). The number of hydrogen-bond donors (Lipinski definition) is 1. The highest BCUT2D eigenvalue weighted by atomic mass is 79.9. The molecule has 0 fully saturated rings. The van der Waals surface area contributed by atoms with Gasteiger partial charge in [0.2, 0.25) is 0 Å². The van der Waals surface area contributed by atoms with E-state index in [0.717, 1.165) is 4.47 Å². The molecule has 0 aliphatic carbocycles. The first-order chi connectivity index (χ1) is 7.08. The van der Waals surface area contributed by atoms with Gasteiger partial charge in [-0.05, 0) is 28.1 Å². The predicted molar refractivity (Wildman–Crippen MR) is 59.2 cm³/mol. The van der Waals surface area contributed by atoms with Crippen LogP contribution in [0.25, 0.3) is 11.0 Å². The standard InChI is InChI=1S/C9H4BrClN2O2/c10-5-1-4-2-6(9(14)15)7(11)13-8(4)12-3-5/h1-3H,(H,14,15). The van der Waals surface area contributed by atoms with E-state index >= 15 is 0 Å². The molecule has 2 aromatic heterocycles. The quantitative estimate of drug-likeness (QED) is 0.819. The summed E-state index contributed by atoms with van der Waals surface area (Å²) < 4.78 is 0.760. The summed E-state index contributed by atoms with van der Waals surface area (Å²) in [4.78, 5) is 18.7. The summed E-state index contributed by atoms with van der Waals surface area (Å²) in [6.07, 6.45) is 1.58. The van der Waals surface area contributed by atoms with Crippen LogP contribution in [-0.4, -0.2) is 21.0 Å². The minimum absolute atomic E-state index is 0.0240. The third kappa shape index (κ3) is 1.93. The average molecular weight is 288 g/mol. The van der Waals surface area contributed by atoms with Crippen LogP contribution in [0.2, 0.25) is 5.15 Å². The van der Waals surface area contributed by atoms with Gasteiger partial charge in [-0.3, -0.25) is 0 Å². The largest absolute Gasteiger partial charge is 0.478 e. The predicted octanol–water partition coefficient (Wildman–Crippen LogP) is 2.74. The third-order valence-corrected chi connectivity index (χ3v) is 2.54. The normalized spacial score (nSPS) is 10.5. The van der Waals surface area contributed by atoms with Gasteiger partial charge in [-0.2, -0.15) is 0 Å². The Balaban J connectivity index is 2.77. The van der Waals surface area contributed by atoms with Crippen molar-refractivity contribution in [3.63, 3.8) is 0 Å². The molecule has 0 radical (unpaired) electrons. The Kier molecular flexibility index (Phi) is 2.58. The molecule has 0 saturated carbocycles. The SMILES string of the molecule is O=C(O)c1cc2cc(Br)cnc2nc1Cl. The third-order valence-electron chi connectivity index (χ3n) is 1.82. The van der Waals surface area contributed by atoms with E-state index in [0.29, 0.717) is 11.0 Å². The van der Waals surface area contributed by atoms with Crippen LogP contribution in [0.15, 0.2) is 22.8 Å². The number of aromatic carboxylic acids is 1. The summed E-state index contributed by atoms with van der Waals surface area (Å²) in [5, 5.41) is 9.42. The number of nitrogens with zero attached hydrogens (tertiary/aromatic N) is 2. The Morgan fingerprint density at radius 2 is 2.20 bits per heavy atom. The molecule has 76 valence electrons. The lowest BCUT2D eigenvalue weighted by atomic mass is 10.2. The first kappa shape index (κ1) is 10.3. The molecule has 15 heavy (non-hydrogen) atoms. The number of hydrogen-bond acceptors (Lipinski definition) is 3.